The van der Waals surface area contributed by atoms with E-state index < -0.39 is 5.97 Å². The number of anilines is 1. The molecule has 0 aliphatic carbocycles. The highest BCUT2D eigenvalue weighted by Gasteiger charge is 2.02. The van der Waals surface area contributed by atoms with E-state index >= 15 is 0 Å². The van der Waals surface area contributed by atoms with Crippen LogP contribution in [0, 0.1) is 0 Å². The molecule has 1 aromatic carbocycles. The van der Waals surface area contributed by atoms with Crippen LogP contribution in [0.1, 0.15) is 5.56 Å². The zero-order valence-electron chi connectivity index (χ0n) is 12.2. The van der Waals surface area contributed by atoms with Crippen molar-refractivity contribution in [1.29, 1.82) is 0 Å². The van der Waals surface area contributed by atoms with Gasteiger partial charge in [-0.25, -0.2) is 9.78 Å². The molecule has 0 saturated heterocycles. The number of nitrogens with one attached hydrogen (secondary N) is 1. The number of carboxylic acids is 1. The molecule has 1 aromatic heterocycles. The van der Waals surface area contributed by atoms with E-state index in [1.165, 1.54) is 0 Å². The maximum atomic E-state index is 10.6. The van der Waals surface area contributed by atoms with E-state index in [2.05, 4.69) is 15.3 Å². The summed E-state index contributed by atoms with van der Waals surface area (Å²) in [6, 6.07) is 7.45. The first kappa shape index (κ1) is 15.7. The maximum Gasteiger partial charge on any atom is 0.328 e. The SMILES string of the molecule is COCCNc1cncc(-c2cccc(C=CC(=O)O)c2)n1. The molecule has 0 fully saturated rings. The van der Waals surface area contributed by atoms with E-state index in [0.29, 0.717) is 24.7 Å². The van der Waals surface area contributed by atoms with Crippen molar-refractivity contribution in [3.8, 4) is 11.3 Å². The Bertz CT molecular complexity index is 671. The van der Waals surface area contributed by atoms with Crippen LogP contribution in [0.5, 0.6) is 0 Å². The second-order valence-electron chi connectivity index (χ2n) is 4.51. The molecule has 2 N–H and O–H groups in total. The predicted octanol–water partition coefficient (Wildman–Crippen LogP) is 2.30. The van der Waals surface area contributed by atoms with E-state index in [-0.39, 0.29) is 0 Å². The third kappa shape index (κ3) is 4.68. The summed E-state index contributed by atoms with van der Waals surface area (Å²) in [5.41, 5.74) is 2.38. The van der Waals surface area contributed by atoms with Crippen molar-refractivity contribution >= 4 is 17.9 Å². The monoisotopic (exact) mass is 299 g/mol. The number of rotatable bonds is 7. The van der Waals surface area contributed by atoms with Gasteiger partial charge in [0.1, 0.15) is 5.82 Å². The Labute approximate surface area is 128 Å². The van der Waals surface area contributed by atoms with Gasteiger partial charge < -0.3 is 15.2 Å². The second kappa shape index (κ2) is 7.90. The Balaban J connectivity index is 2.19. The van der Waals surface area contributed by atoms with Gasteiger partial charge in [0.25, 0.3) is 0 Å². The Hall–Kier alpha value is -2.73. The molecule has 0 amide bonds. The van der Waals surface area contributed by atoms with Gasteiger partial charge >= 0.3 is 5.97 Å². The molecular weight excluding hydrogens is 282 g/mol. The summed E-state index contributed by atoms with van der Waals surface area (Å²) in [5.74, 6) is -0.310. The normalized spacial score (nSPS) is 10.8. The van der Waals surface area contributed by atoms with Crippen LogP contribution in [0.2, 0.25) is 0 Å². The summed E-state index contributed by atoms with van der Waals surface area (Å²) in [4.78, 5) is 19.2. The van der Waals surface area contributed by atoms with E-state index in [9.17, 15) is 4.79 Å². The number of carboxylic acid groups (broad SMARTS) is 1. The fourth-order valence-electron chi connectivity index (χ4n) is 1.84. The van der Waals surface area contributed by atoms with Crippen LogP contribution in [0.25, 0.3) is 17.3 Å². The topological polar surface area (TPSA) is 84.3 Å². The molecule has 6 heteroatoms. The van der Waals surface area contributed by atoms with Crippen molar-refractivity contribution in [3.05, 3.63) is 48.3 Å². The summed E-state index contributed by atoms with van der Waals surface area (Å²) in [7, 11) is 1.64. The van der Waals surface area contributed by atoms with Crippen molar-refractivity contribution in [3.63, 3.8) is 0 Å². The average molecular weight is 299 g/mol. The molecule has 2 rings (SSSR count). The third-order valence-corrected chi connectivity index (χ3v) is 2.85. The number of carbonyl (C=O) groups is 1. The summed E-state index contributed by atoms with van der Waals surface area (Å²) in [6.07, 6.45) is 5.96. The zero-order chi connectivity index (χ0) is 15.8. The second-order valence-corrected chi connectivity index (χ2v) is 4.51. The van der Waals surface area contributed by atoms with Crippen molar-refractivity contribution in [2.24, 2.45) is 0 Å². The Kier molecular flexibility index (Phi) is 5.62. The van der Waals surface area contributed by atoms with Crippen molar-refractivity contribution in [2.45, 2.75) is 0 Å². The molecule has 0 unspecified atom stereocenters. The molecule has 114 valence electrons. The molecule has 0 saturated carbocycles. The van der Waals surface area contributed by atoms with Crippen LogP contribution in [-0.4, -0.2) is 41.3 Å². The van der Waals surface area contributed by atoms with Gasteiger partial charge in [0.15, 0.2) is 0 Å². The lowest BCUT2D eigenvalue weighted by Crippen LogP contribution is -2.09. The predicted molar refractivity (Wildman–Crippen MR) is 84.5 cm³/mol. The van der Waals surface area contributed by atoms with E-state index in [4.69, 9.17) is 9.84 Å². The highest BCUT2D eigenvalue weighted by Crippen LogP contribution is 2.19. The fourth-order valence-corrected chi connectivity index (χ4v) is 1.84. The lowest BCUT2D eigenvalue weighted by atomic mass is 10.1. The molecule has 0 spiro atoms. The zero-order valence-corrected chi connectivity index (χ0v) is 12.2. The number of aromatic nitrogens is 2. The first-order chi connectivity index (χ1) is 10.7. The number of benzene rings is 1. The first-order valence-electron chi connectivity index (χ1n) is 6.75. The minimum Gasteiger partial charge on any atom is -0.478 e. The first-order valence-corrected chi connectivity index (χ1v) is 6.75. The summed E-state index contributed by atoms with van der Waals surface area (Å²) < 4.78 is 4.97. The molecule has 0 aliphatic heterocycles. The van der Waals surface area contributed by atoms with Gasteiger partial charge in [-0.2, -0.15) is 0 Å². The van der Waals surface area contributed by atoms with E-state index in [0.717, 1.165) is 17.2 Å². The molecule has 0 aliphatic rings. The molecule has 1 heterocycles. The van der Waals surface area contributed by atoms with Crippen molar-refractivity contribution < 1.29 is 14.6 Å². The Morgan fingerprint density at radius 2 is 2.27 bits per heavy atom. The number of hydrogen-bond donors (Lipinski definition) is 2. The molecular formula is C16H17N3O3. The van der Waals surface area contributed by atoms with E-state index in [1.54, 1.807) is 25.6 Å². The van der Waals surface area contributed by atoms with Gasteiger partial charge in [-0.15, -0.1) is 0 Å². The largest absolute Gasteiger partial charge is 0.478 e. The van der Waals surface area contributed by atoms with E-state index in [1.807, 2.05) is 24.3 Å². The fraction of sp³-hybridized carbons (Fsp3) is 0.188. The summed E-state index contributed by atoms with van der Waals surface area (Å²) in [6.45, 7) is 1.23. The highest BCUT2D eigenvalue weighted by molar-refractivity contribution is 5.85. The van der Waals surface area contributed by atoms with Gasteiger partial charge in [0.05, 0.1) is 24.7 Å². The van der Waals surface area contributed by atoms with Crippen LogP contribution < -0.4 is 5.32 Å². The number of methoxy groups -OCH3 is 1. The molecule has 6 nitrogen and oxygen atoms in total. The van der Waals surface area contributed by atoms with Gasteiger partial charge in [-0.05, 0) is 17.7 Å². The summed E-state index contributed by atoms with van der Waals surface area (Å²) in [5, 5.41) is 11.8. The van der Waals surface area contributed by atoms with Crippen molar-refractivity contribution in [1.82, 2.24) is 9.97 Å². The van der Waals surface area contributed by atoms with Crippen LogP contribution in [0.15, 0.2) is 42.7 Å². The quantitative estimate of drug-likeness (QED) is 0.603. The number of nitrogens with zero attached hydrogens (tertiary/aromatic N) is 2. The third-order valence-electron chi connectivity index (χ3n) is 2.85. The molecule has 2 aromatic rings. The smallest absolute Gasteiger partial charge is 0.328 e. The van der Waals surface area contributed by atoms with Crippen LogP contribution in [0.3, 0.4) is 0 Å². The maximum absolute atomic E-state index is 10.6. The molecule has 0 bridgehead atoms. The van der Waals surface area contributed by atoms with Crippen LogP contribution in [0.4, 0.5) is 5.82 Å². The number of hydrogen-bond acceptors (Lipinski definition) is 5. The minimum absolute atomic E-state index is 0.585. The van der Waals surface area contributed by atoms with Crippen molar-refractivity contribution in [2.75, 3.05) is 25.6 Å². The van der Waals surface area contributed by atoms with Gasteiger partial charge in [-0.3, -0.25) is 4.98 Å². The molecule has 22 heavy (non-hydrogen) atoms. The number of ether oxygens (including phenoxy) is 1. The highest BCUT2D eigenvalue weighted by atomic mass is 16.5. The molecule has 0 atom stereocenters. The van der Waals surface area contributed by atoms with Gasteiger partial charge in [0.2, 0.25) is 0 Å². The molecule has 0 radical (unpaired) electrons. The Morgan fingerprint density at radius 3 is 3.05 bits per heavy atom. The number of aliphatic carboxylic acids is 1. The average Bonchev–Trinajstić information content (AvgIpc) is 2.54. The van der Waals surface area contributed by atoms with Gasteiger partial charge in [0, 0.05) is 25.3 Å². The van der Waals surface area contributed by atoms with Crippen LogP contribution in [-0.2, 0) is 9.53 Å². The summed E-state index contributed by atoms with van der Waals surface area (Å²) >= 11 is 0. The minimum atomic E-state index is -0.977. The standard InChI is InChI=1S/C16H17N3O3/c1-22-8-7-18-15-11-17-10-14(19-15)13-4-2-3-12(9-13)5-6-16(20)21/h2-6,9-11H,7-8H2,1H3,(H,18,19)(H,20,21). The Morgan fingerprint density at radius 1 is 1.41 bits per heavy atom. The van der Waals surface area contributed by atoms with Crippen LogP contribution >= 0.6 is 0 Å². The lowest BCUT2D eigenvalue weighted by molar-refractivity contribution is -0.131. The lowest BCUT2D eigenvalue weighted by Gasteiger charge is -2.07. The van der Waals surface area contributed by atoms with Gasteiger partial charge in [-0.1, -0.05) is 18.2 Å².